The second kappa shape index (κ2) is 16.1. The summed E-state index contributed by atoms with van der Waals surface area (Å²) in [6.45, 7) is 11.8. The first-order valence-corrected chi connectivity index (χ1v) is 15.1. The van der Waals surface area contributed by atoms with Crippen LogP contribution in [0.2, 0.25) is 0 Å². The largest absolute Gasteiger partial charge is 0.345 e. The Morgan fingerprint density at radius 2 is 1.06 bits per heavy atom. The standard InChI is InChI=1S/C22H41NO8P2/c1-7-26-21(27-8-2)32(24,30-11-5)20(23-18-19-16-14-13-15-17-19)33(25,31-12-6)22(28-9-3)29-10-4/h13-17,20-23H,7-12,18H2,1-6H3. The minimum atomic E-state index is -3.97. The van der Waals surface area contributed by atoms with Gasteiger partial charge in [0.2, 0.25) is 12.1 Å². The van der Waals surface area contributed by atoms with Crippen LogP contribution in [0.3, 0.4) is 0 Å². The lowest BCUT2D eigenvalue weighted by Gasteiger charge is -2.39. The van der Waals surface area contributed by atoms with Crippen LogP contribution in [-0.2, 0) is 43.7 Å². The molecular weight excluding hydrogens is 468 g/mol. The second-order valence-corrected chi connectivity index (χ2v) is 12.2. The monoisotopic (exact) mass is 509 g/mol. The van der Waals surface area contributed by atoms with Crippen molar-refractivity contribution in [2.24, 2.45) is 0 Å². The lowest BCUT2D eigenvalue weighted by atomic mass is 10.2. The van der Waals surface area contributed by atoms with Gasteiger partial charge in [-0.05, 0) is 47.1 Å². The molecule has 0 bridgehead atoms. The van der Waals surface area contributed by atoms with Gasteiger partial charge >= 0.3 is 0 Å². The van der Waals surface area contributed by atoms with Crippen molar-refractivity contribution in [1.29, 1.82) is 0 Å². The van der Waals surface area contributed by atoms with Crippen LogP contribution >= 0.6 is 14.7 Å². The molecule has 0 aliphatic heterocycles. The van der Waals surface area contributed by atoms with Gasteiger partial charge in [0, 0.05) is 33.0 Å². The maximum absolute atomic E-state index is 14.6. The summed E-state index contributed by atoms with van der Waals surface area (Å²) < 4.78 is 63.5. The number of nitrogens with one attached hydrogen (secondary N) is 1. The lowest BCUT2D eigenvalue weighted by Crippen LogP contribution is -2.39. The highest BCUT2D eigenvalue weighted by Gasteiger charge is 2.57. The van der Waals surface area contributed by atoms with Gasteiger partial charge < -0.3 is 28.0 Å². The van der Waals surface area contributed by atoms with Crippen LogP contribution in [0.4, 0.5) is 0 Å². The molecule has 0 radical (unpaired) electrons. The number of hydrogen-bond acceptors (Lipinski definition) is 9. The molecule has 1 aromatic carbocycles. The van der Waals surface area contributed by atoms with E-state index in [0.29, 0.717) is 0 Å². The topological polar surface area (TPSA) is 102 Å². The Balaban J connectivity index is 3.63. The fourth-order valence-corrected chi connectivity index (χ4v) is 10.0. The van der Waals surface area contributed by atoms with Gasteiger partial charge in [-0.15, -0.1) is 0 Å². The fraction of sp³-hybridized carbons (Fsp3) is 0.727. The van der Waals surface area contributed by atoms with E-state index in [4.69, 9.17) is 28.0 Å². The molecule has 0 fully saturated rings. The molecule has 0 heterocycles. The Bertz CT molecular complexity index is 684. The molecule has 2 atom stereocenters. The van der Waals surface area contributed by atoms with Crippen LogP contribution in [0.15, 0.2) is 30.3 Å². The van der Waals surface area contributed by atoms with Crippen molar-refractivity contribution in [2.75, 3.05) is 39.6 Å². The highest BCUT2D eigenvalue weighted by Crippen LogP contribution is 2.72. The summed E-state index contributed by atoms with van der Waals surface area (Å²) in [4.78, 5) is 0. The zero-order valence-electron chi connectivity index (χ0n) is 20.7. The first-order chi connectivity index (χ1) is 15.9. The summed E-state index contributed by atoms with van der Waals surface area (Å²) in [5, 5.41) is 3.19. The molecule has 2 unspecified atom stereocenters. The fourth-order valence-electron chi connectivity index (χ4n) is 3.26. The smallest absolute Gasteiger partial charge is 0.283 e. The van der Waals surface area contributed by atoms with Gasteiger partial charge in [0.05, 0.1) is 13.2 Å². The van der Waals surface area contributed by atoms with Gasteiger partial charge in [0.25, 0.3) is 14.7 Å². The van der Waals surface area contributed by atoms with Crippen molar-refractivity contribution in [3.05, 3.63) is 35.9 Å². The zero-order chi connectivity index (χ0) is 24.7. The Kier molecular flexibility index (Phi) is 14.9. The van der Waals surface area contributed by atoms with Gasteiger partial charge in [-0.25, -0.2) is 0 Å². The minimum Gasteiger partial charge on any atom is -0.345 e. The third-order valence-electron chi connectivity index (χ3n) is 4.50. The van der Waals surface area contributed by atoms with Crippen LogP contribution < -0.4 is 5.32 Å². The molecule has 192 valence electrons. The van der Waals surface area contributed by atoms with Crippen LogP contribution in [0, 0.1) is 0 Å². The molecule has 0 saturated carbocycles. The van der Waals surface area contributed by atoms with E-state index in [1.807, 2.05) is 30.3 Å². The van der Waals surface area contributed by atoms with E-state index in [-0.39, 0.29) is 46.2 Å². The van der Waals surface area contributed by atoms with Crippen LogP contribution in [-0.4, -0.2) is 57.2 Å². The van der Waals surface area contributed by atoms with E-state index in [2.05, 4.69) is 5.32 Å². The maximum atomic E-state index is 14.6. The molecule has 0 aromatic heterocycles. The molecule has 0 saturated heterocycles. The third kappa shape index (κ3) is 8.53. The normalized spacial score (nSPS) is 16.6. The quantitative estimate of drug-likeness (QED) is 0.194. The van der Waals surface area contributed by atoms with Crippen molar-refractivity contribution in [3.63, 3.8) is 0 Å². The Labute approximate surface area is 198 Å². The average molecular weight is 510 g/mol. The van der Waals surface area contributed by atoms with Crippen LogP contribution in [0.25, 0.3) is 0 Å². The molecule has 33 heavy (non-hydrogen) atoms. The highest BCUT2D eigenvalue weighted by atomic mass is 31.2. The molecule has 1 N–H and O–H groups in total. The van der Waals surface area contributed by atoms with Crippen molar-refractivity contribution < 1.29 is 37.1 Å². The van der Waals surface area contributed by atoms with Crippen molar-refractivity contribution in [2.45, 2.75) is 65.7 Å². The van der Waals surface area contributed by atoms with E-state index < -0.39 is 32.3 Å². The van der Waals surface area contributed by atoms with E-state index >= 15 is 0 Å². The summed E-state index contributed by atoms with van der Waals surface area (Å²) >= 11 is 0. The number of hydrogen-bond donors (Lipinski definition) is 1. The number of ether oxygens (including phenoxy) is 4. The molecule has 11 heteroatoms. The Morgan fingerprint density at radius 3 is 1.39 bits per heavy atom. The van der Waals surface area contributed by atoms with Crippen molar-refractivity contribution in [1.82, 2.24) is 5.32 Å². The molecule has 0 spiro atoms. The number of benzene rings is 1. The van der Waals surface area contributed by atoms with Gasteiger partial charge in [-0.3, -0.25) is 14.4 Å². The Hall–Kier alpha value is -0.600. The van der Waals surface area contributed by atoms with Gasteiger partial charge in [-0.1, -0.05) is 30.3 Å². The highest BCUT2D eigenvalue weighted by molar-refractivity contribution is 7.77. The molecule has 0 aliphatic rings. The molecular formula is C22H41NO8P2. The predicted octanol–water partition coefficient (Wildman–Crippen LogP) is 5.40. The summed E-state index contributed by atoms with van der Waals surface area (Å²) in [6.07, 6.45) is 0. The zero-order valence-corrected chi connectivity index (χ0v) is 22.5. The van der Waals surface area contributed by atoms with Gasteiger partial charge in [-0.2, -0.15) is 0 Å². The first-order valence-electron chi connectivity index (χ1n) is 11.6. The van der Waals surface area contributed by atoms with Crippen LogP contribution in [0.1, 0.15) is 47.1 Å². The molecule has 0 amide bonds. The molecule has 1 aromatic rings. The summed E-state index contributed by atoms with van der Waals surface area (Å²) in [5.41, 5.74) is -0.390. The molecule has 1 rings (SSSR count). The minimum absolute atomic E-state index is 0.0947. The van der Waals surface area contributed by atoms with E-state index in [0.717, 1.165) is 5.56 Å². The summed E-state index contributed by atoms with van der Waals surface area (Å²) in [5.74, 6) is 0. The van der Waals surface area contributed by atoms with Gasteiger partial charge in [0.1, 0.15) is 0 Å². The van der Waals surface area contributed by atoms with Crippen molar-refractivity contribution in [3.8, 4) is 0 Å². The summed E-state index contributed by atoms with van der Waals surface area (Å²) in [6, 6.07) is 7.03. The predicted molar refractivity (Wildman–Crippen MR) is 130 cm³/mol. The maximum Gasteiger partial charge on any atom is 0.283 e. The third-order valence-corrected chi connectivity index (χ3v) is 11.3. The molecule has 9 nitrogen and oxygen atoms in total. The SMILES string of the molecule is CCOC(OCC)P(=O)(OCC)C(NCc1ccccc1)P(=O)(OCC)C(OCC)OCC. The lowest BCUT2D eigenvalue weighted by molar-refractivity contribution is -0.0932. The van der Waals surface area contributed by atoms with Gasteiger partial charge in [0.15, 0.2) is 5.52 Å². The Morgan fingerprint density at radius 1 is 0.667 bits per heavy atom. The van der Waals surface area contributed by atoms with E-state index in [1.165, 1.54) is 0 Å². The van der Waals surface area contributed by atoms with Crippen molar-refractivity contribution >= 4 is 14.7 Å². The van der Waals surface area contributed by atoms with Crippen LogP contribution in [0.5, 0.6) is 0 Å². The van der Waals surface area contributed by atoms with E-state index in [1.54, 1.807) is 41.5 Å². The number of rotatable bonds is 19. The second-order valence-electron chi connectivity index (χ2n) is 6.80. The summed E-state index contributed by atoms with van der Waals surface area (Å²) in [7, 11) is -7.93. The average Bonchev–Trinajstić information content (AvgIpc) is 2.80. The van der Waals surface area contributed by atoms with E-state index in [9.17, 15) is 9.13 Å². The first kappa shape index (κ1) is 30.4. The molecule has 0 aliphatic carbocycles.